The number of rotatable bonds is 3. The van der Waals surface area contributed by atoms with Gasteiger partial charge in [0.1, 0.15) is 5.78 Å². The van der Waals surface area contributed by atoms with Gasteiger partial charge in [-0.3, -0.25) is 4.79 Å². The van der Waals surface area contributed by atoms with E-state index in [4.69, 9.17) is 0 Å². The number of Topliss-reactive ketones (excluding diaryl/α,β-unsaturated/α-hetero) is 1. The second kappa shape index (κ2) is 9.05. The second-order valence-corrected chi connectivity index (χ2v) is 11.9. The molecule has 2 atom stereocenters. The van der Waals surface area contributed by atoms with Gasteiger partial charge in [0.2, 0.25) is 0 Å². The van der Waals surface area contributed by atoms with Gasteiger partial charge in [0, 0.05) is 18.6 Å². The minimum atomic E-state index is -3.68. The van der Waals surface area contributed by atoms with Crippen LogP contribution in [0.3, 0.4) is 0 Å². The van der Waals surface area contributed by atoms with Crippen LogP contribution in [0.2, 0.25) is 0 Å². The third-order valence-electron chi connectivity index (χ3n) is 8.00. The smallest absolute Gasteiger partial charge is 0.276 e. The zero-order valence-corrected chi connectivity index (χ0v) is 19.6. The molecule has 170 valence electrons. The highest BCUT2D eigenvalue weighted by Crippen LogP contribution is 2.65. The summed E-state index contributed by atoms with van der Waals surface area (Å²) < 4.78 is 25.4. The number of nitrogens with zero attached hydrogens (tertiary/aromatic N) is 1. The molecule has 0 bridgehead atoms. The Morgan fingerprint density at radius 3 is 1.77 bits per heavy atom. The van der Waals surface area contributed by atoms with Crippen molar-refractivity contribution in [3.8, 4) is 0 Å². The number of hydrogen-bond donors (Lipinski definition) is 1. The lowest BCUT2D eigenvalue weighted by Crippen LogP contribution is -2.32. The van der Waals surface area contributed by atoms with Crippen molar-refractivity contribution in [1.29, 1.82) is 0 Å². The summed E-state index contributed by atoms with van der Waals surface area (Å²) in [7, 11) is -3.68. The Balaban J connectivity index is 1.56. The lowest BCUT2D eigenvalue weighted by Gasteiger charge is -2.40. The van der Waals surface area contributed by atoms with Crippen LogP contribution in [0, 0.1) is 17.8 Å². The molecular formula is C25H36N2O3S. The van der Waals surface area contributed by atoms with Crippen molar-refractivity contribution in [3.05, 3.63) is 29.8 Å². The second-order valence-electron chi connectivity index (χ2n) is 10.2. The van der Waals surface area contributed by atoms with E-state index in [1.165, 1.54) is 38.5 Å². The minimum Gasteiger partial charge on any atom is -0.300 e. The summed E-state index contributed by atoms with van der Waals surface area (Å²) in [5, 5.41) is 4.43. The SMILES string of the molecule is Cc1ccc(S(=O)(=O)NN=C2C[C@@]34CCCCCCCCCC[C@@]3(CC(=O)C4)C2)cc1. The van der Waals surface area contributed by atoms with Crippen LogP contribution < -0.4 is 4.83 Å². The predicted molar refractivity (Wildman–Crippen MR) is 123 cm³/mol. The molecule has 6 heteroatoms. The van der Waals surface area contributed by atoms with Gasteiger partial charge in [0.15, 0.2) is 0 Å². The number of sulfonamides is 1. The molecule has 0 spiro atoms. The maximum atomic E-state index is 12.7. The Labute approximate surface area is 187 Å². The van der Waals surface area contributed by atoms with Crippen LogP contribution in [0.25, 0.3) is 0 Å². The maximum Gasteiger partial charge on any atom is 0.276 e. The lowest BCUT2D eigenvalue weighted by atomic mass is 9.63. The van der Waals surface area contributed by atoms with Crippen LogP contribution >= 0.6 is 0 Å². The van der Waals surface area contributed by atoms with Crippen molar-refractivity contribution in [2.75, 3.05) is 0 Å². The van der Waals surface area contributed by atoms with Gasteiger partial charge in [0.25, 0.3) is 10.0 Å². The highest BCUT2D eigenvalue weighted by Gasteiger charge is 2.61. The fraction of sp³-hybridized carbons (Fsp3) is 0.680. The van der Waals surface area contributed by atoms with E-state index < -0.39 is 10.0 Å². The van der Waals surface area contributed by atoms with Crippen molar-refractivity contribution >= 4 is 21.5 Å². The van der Waals surface area contributed by atoms with Gasteiger partial charge in [-0.2, -0.15) is 13.5 Å². The molecular weight excluding hydrogens is 408 g/mol. The van der Waals surface area contributed by atoms with Crippen LogP contribution in [0.5, 0.6) is 0 Å². The van der Waals surface area contributed by atoms with Gasteiger partial charge in [-0.1, -0.05) is 69.1 Å². The van der Waals surface area contributed by atoms with E-state index in [0.717, 1.165) is 49.8 Å². The molecule has 0 radical (unpaired) electrons. The Morgan fingerprint density at radius 2 is 1.26 bits per heavy atom. The molecule has 4 rings (SSSR count). The van der Waals surface area contributed by atoms with Gasteiger partial charge in [0.05, 0.1) is 4.90 Å². The molecule has 5 nitrogen and oxygen atoms in total. The molecule has 0 saturated heterocycles. The summed E-state index contributed by atoms with van der Waals surface area (Å²) in [6, 6.07) is 6.82. The van der Waals surface area contributed by atoms with Crippen LogP contribution in [0.1, 0.15) is 95.5 Å². The standard InChI is InChI=1S/C25H36N2O3S/c1-20-10-12-23(13-11-20)31(29,30)27-26-21-16-24-14-8-6-4-2-3-5-7-9-15-25(24,17-21)19-22(28)18-24/h10-13,27H,2-9,14-19H2,1H3/t24-,25+. The van der Waals surface area contributed by atoms with E-state index in [2.05, 4.69) is 9.93 Å². The Kier molecular flexibility index (Phi) is 6.57. The number of hydrazone groups is 1. The molecule has 1 N–H and O–H groups in total. The first-order valence-electron chi connectivity index (χ1n) is 12.0. The normalized spacial score (nSPS) is 31.5. The summed E-state index contributed by atoms with van der Waals surface area (Å²) in [5.41, 5.74) is 1.92. The number of aryl methyl sites for hydroxylation is 1. The van der Waals surface area contributed by atoms with Crippen molar-refractivity contribution in [2.45, 2.75) is 102 Å². The fourth-order valence-electron chi connectivity index (χ4n) is 6.38. The third-order valence-corrected chi connectivity index (χ3v) is 9.22. The summed E-state index contributed by atoms with van der Waals surface area (Å²) in [6.45, 7) is 1.93. The van der Waals surface area contributed by atoms with Crippen LogP contribution in [0.4, 0.5) is 0 Å². The van der Waals surface area contributed by atoms with Crippen LogP contribution in [0.15, 0.2) is 34.3 Å². The zero-order chi connectivity index (χ0) is 22.0. The molecule has 1 aromatic carbocycles. The predicted octanol–water partition coefficient (Wildman–Crippen LogP) is 5.67. The number of nitrogens with one attached hydrogen (secondary N) is 1. The molecule has 0 aromatic heterocycles. The van der Waals surface area contributed by atoms with E-state index >= 15 is 0 Å². The maximum absolute atomic E-state index is 12.7. The van der Waals surface area contributed by atoms with E-state index in [1.807, 2.05) is 6.92 Å². The number of carbonyl (C=O) groups is 1. The van der Waals surface area contributed by atoms with Crippen LogP contribution in [-0.4, -0.2) is 19.9 Å². The number of benzene rings is 1. The summed E-state index contributed by atoms with van der Waals surface area (Å²) in [6.07, 6.45) is 15.0. The van der Waals surface area contributed by atoms with Gasteiger partial charge in [-0.15, -0.1) is 0 Å². The number of ketones is 1. The molecule has 3 aliphatic rings. The molecule has 0 unspecified atom stereocenters. The topological polar surface area (TPSA) is 75.6 Å². The van der Waals surface area contributed by atoms with Gasteiger partial charge in [-0.25, -0.2) is 4.83 Å². The monoisotopic (exact) mass is 444 g/mol. The molecule has 0 heterocycles. The van der Waals surface area contributed by atoms with E-state index in [9.17, 15) is 13.2 Å². The molecule has 0 aliphatic heterocycles. The Morgan fingerprint density at radius 1 is 0.774 bits per heavy atom. The Bertz CT molecular complexity index is 904. The third kappa shape index (κ3) is 4.74. The van der Waals surface area contributed by atoms with Crippen molar-refractivity contribution in [3.63, 3.8) is 0 Å². The fourth-order valence-corrected chi connectivity index (χ4v) is 7.23. The van der Waals surface area contributed by atoms with Crippen molar-refractivity contribution < 1.29 is 13.2 Å². The highest BCUT2D eigenvalue weighted by molar-refractivity contribution is 7.89. The molecule has 31 heavy (non-hydrogen) atoms. The van der Waals surface area contributed by atoms with E-state index in [-0.39, 0.29) is 15.7 Å². The molecule has 3 aliphatic carbocycles. The van der Waals surface area contributed by atoms with E-state index in [0.29, 0.717) is 18.6 Å². The van der Waals surface area contributed by atoms with E-state index in [1.54, 1.807) is 24.3 Å². The van der Waals surface area contributed by atoms with Crippen molar-refractivity contribution in [1.82, 2.24) is 4.83 Å². The first-order valence-corrected chi connectivity index (χ1v) is 13.5. The molecule has 1 aromatic rings. The number of hydrogen-bond acceptors (Lipinski definition) is 4. The van der Waals surface area contributed by atoms with Crippen LogP contribution in [-0.2, 0) is 14.8 Å². The summed E-state index contributed by atoms with van der Waals surface area (Å²) in [5.74, 6) is 0.397. The quantitative estimate of drug-likeness (QED) is 0.610. The van der Waals surface area contributed by atoms with Crippen molar-refractivity contribution in [2.24, 2.45) is 15.9 Å². The lowest BCUT2D eigenvalue weighted by molar-refractivity contribution is -0.118. The summed E-state index contributed by atoms with van der Waals surface area (Å²) >= 11 is 0. The largest absolute Gasteiger partial charge is 0.300 e. The van der Waals surface area contributed by atoms with Gasteiger partial charge in [-0.05, 0) is 55.6 Å². The first-order chi connectivity index (χ1) is 14.8. The average Bonchev–Trinajstić information content (AvgIpc) is 3.13. The molecule has 3 saturated carbocycles. The summed E-state index contributed by atoms with van der Waals surface area (Å²) in [4.78, 5) is 15.4. The Hall–Kier alpha value is -1.69. The molecule has 0 amide bonds. The average molecular weight is 445 g/mol. The zero-order valence-electron chi connectivity index (χ0n) is 18.8. The van der Waals surface area contributed by atoms with Gasteiger partial charge >= 0.3 is 0 Å². The molecule has 3 fully saturated rings. The highest BCUT2D eigenvalue weighted by atomic mass is 32.2. The van der Waals surface area contributed by atoms with Gasteiger partial charge < -0.3 is 0 Å². The number of carbonyl (C=O) groups excluding carboxylic acids is 1. The minimum absolute atomic E-state index is 0.0165. The first kappa shape index (κ1) is 22.5.